The van der Waals surface area contributed by atoms with Crippen molar-refractivity contribution in [3.05, 3.63) is 42.4 Å². The van der Waals surface area contributed by atoms with E-state index in [2.05, 4.69) is 27.6 Å². The minimum Gasteiger partial charge on any atom is -0.357 e. The number of rotatable bonds is 5. The van der Waals surface area contributed by atoms with Crippen molar-refractivity contribution in [3.63, 3.8) is 0 Å². The highest BCUT2D eigenvalue weighted by Crippen LogP contribution is 2.17. The van der Waals surface area contributed by atoms with Gasteiger partial charge in [-0.2, -0.15) is 5.10 Å². The maximum absolute atomic E-state index is 4.74. The summed E-state index contributed by atoms with van der Waals surface area (Å²) in [6, 6.07) is 6.47. The Kier molecular flexibility index (Phi) is 8.17. The van der Waals surface area contributed by atoms with Gasteiger partial charge in [-0.05, 0) is 43.5 Å². The second-order valence-corrected chi connectivity index (χ2v) is 6.15. The molecule has 7 heteroatoms. The van der Waals surface area contributed by atoms with Gasteiger partial charge in [-0.3, -0.25) is 0 Å². The Bertz CT molecular complexity index is 649. The van der Waals surface area contributed by atoms with Gasteiger partial charge in [-0.15, -0.1) is 24.0 Å². The van der Waals surface area contributed by atoms with E-state index in [1.54, 1.807) is 10.9 Å². The van der Waals surface area contributed by atoms with Crippen molar-refractivity contribution in [2.75, 3.05) is 6.54 Å². The molecule has 0 bridgehead atoms. The minimum atomic E-state index is 0. The highest BCUT2D eigenvalue weighted by molar-refractivity contribution is 14.0. The van der Waals surface area contributed by atoms with Crippen LogP contribution in [0.3, 0.4) is 0 Å². The first kappa shape index (κ1) is 19.7. The highest BCUT2D eigenvalue weighted by atomic mass is 127. The predicted molar refractivity (Wildman–Crippen MR) is 112 cm³/mol. The number of guanidine groups is 1. The smallest absolute Gasteiger partial charge is 0.191 e. The van der Waals surface area contributed by atoms with E-state index in [-0.39, 0.29) is 24.0 Å². The molecule has 0 saturated heterocycles. The first-order valence-electron chi connectivity index (χ1n) is 8.85. The molecule has 2 aromatic heterocycles. The maximum Gasteiger partial charge on any atom is 0.191 e. The van der Waals surface area contributed by atoms with E-state index in [0.717, 1.165) is 23.9 Å². The number of hydrogen-bond donors (Lipinski definition) is 2. The zero-order chi connectivity index (χ0) is 16.6. The Labute approximate surface area is 166 Å². The number of pyridine rings is 1. The van der Waals surface area contributed by atoms with Gasteiger partial charge in [0.2, 0.25) is 0 Å². The van der Waals surface area contributed by atoms with E-state index in [9.17, 15) is 0 Å². The van der Waals surface area contributed by atoms with Crippen LogP contribution >= 0.6 is 24.0 Å². The quantitative estimate of drug-likeness (QED) is 0.414. The molecule has 2 N–H and O–H groups in total. The Hall–Kier alpha value is -1.64. The SMILES string of the molecule is CCNC(=NCc1ccnc(-n2cccn2)c1)NC1CCCCC1.I. The zero-order valence-corrected chi connectivity index (χ0v) is 17.0. The van der Waals surface area contributed by atoms with Crippen molar-refractivity contribution in [2.24, 2.45) is 4.99 Å². The summed E-state index contributed by atoms with van der Waals surface area (Å²) in [6.45, 7) is 3.59. The van der Waals surface area contributed by atoms with Crippen LogP contribution in [0.4, 0.5) is 0 Å². The van der Waals surface area contributed by atoms with Crippen molar-refractivity contribution >= 4 is 29.9 Å². The average molecular weight is 454 g/mol. The van der Waals surface area contributed by atoms with Crippen LogP contribution < -0.4 is 10.6 Å². The fourth-order valence-electron chi connectivity index (χ4n) is 3.02. The van der Waals surface area contributed by atoms with Crippen molar-refractivity contribution in [2.45, 2.75) is 51.6 Å². The largest absolute Gasteiger partial charge is 0.357 e. The molecule has 136 valence electrons. The monoisotopic (exact) mass is 454 g/mol. The molecule has 0 aromatic carbocycles. The van der Waals surface area contributed by atoms with Crippen LogP contribution in [-0.2, 0) is 6.54 Å². The molecule has 0 aliphatic heterocycles. The first-order valence-corrected chi connectivity index (χ1v) is 8.85. The van der Waals surface area contributed by atoms with E-state index < -0.39 is 0 Å². The summed E-state index contributed by atoms with van der Waals surface area (Å²) < 4.78 is 1.76. The minimum absolute atomic E-state index is 0. The van der Waals surface area contributed by atoms with Gasteiger partial charge in [0, 0.05) is 31.2 Å². The number of nitrogens with one attached hydrogen (secondary N) is 2. The lowest BCUT2D eigenvalue weighted by atomic mass is 9.96. The van der Waals surface area contributed by atoms with Gasteiger partial charge in [0.15, 0.2) is 11.8 Å². The van der Waals surface area contributed by atoms with Crippen LogP contribution in [-0.4, -0.2) is 33.3 Å². The van der Waals surface area contributed by atoms with Gasteiger partial charge >= 0.3 is 0 Å². The van der Waals surface area contributed by atoms with E-state index in [1.807, 2.05) is 30.6 Å². The lowest BCUT2D eigenvalue weighted by molar-refractivity contribution is 0.410. The van der Waals surface area contributed by atoms with Crippen LogP contribution in [0.15, 0.2) is 41.8 Å². The molecular weight excluding hydrogens is 427 g/mol. The van der Waals surface area contributed by atoms with Crippen LogP contribution in [0.1, 0.15) is 44.6 Å². The summed E-state index contributed by atoms with van der Waals surface area (Å²) >= 11 is 0. The first-order chi connectivity index (χ1) is 11.8. The lowest BCUT2D eigenvalue weighted by Gasteiger charge is -2.24. The fraction of sp³-hybridized carbons (Fsp3) is 0.500. The van der Waals surface area contributed by atoms with Gasteiger partial charge in [0.1, 0.15) is 0 Å². The van der Waals surface area contributed by atoms with Gasteiger partial charge in [-0.1, -0.05) is 19.3 Å². The van der Waals surface area contributed by atoms with Crippen LogP contribution in [0.2, 0.25) is 0 Å². The molecule has 0 atom stereocenters. The highest BCUT2D eigenvalue weighted by Gasteiger charge is 2.14. The van der Waals surface area contributed by atoms with Crippen molar-refractivity contribution < 1.29 is 0 Å². The molecule has 2 aromatic rings. The van der Waals surface area contributed by atoms with Gasteiger partial charge in [0.25, 0.3) is 0 Å². The molecule has 25 heavy (non-hydrogen) atoms. The standard InChI is InChI=1S/C18H26N6.HI/c1-2-19-18(23-16-7-4-3-5-8-16)21-14-15-9-11-20-17(13-15)24-12-6-10-22-24;/h6,9-13,16H,2-5,7-8,14H2,1H3,(H2,19,21,23);1H. The van der Waals surface area contributed by atoms with Gasteiger partial charge in [-0.25, -0.2) is 14.7 Å². The number of nitrogens with zero attached hydrogens (tertiary/aromatic N) is 4. The summed E-state index contributed by atoms with van der Waals surface area (Å²) in [6.07, 6.45) is 11.9. The molecule has 1 aliphatic rings. The van der Waals surface area contributed by atoms with Gasteiger partial charge in [0.05, 0.1) is 6.54 Å². The molecule has 1 fully saturated rings. The third-order valence-electron chi connectivity index (χ3n) is 4.26. The Morgan fingerprint density at radius 1 is 1.28 bits per heavy atom. The molecule has 1 saturated carbocycles. The molecule has 0 amide bonds. The second kappa shape index (κ2) is 10.4. The normalized spacial score (nSPS) is 15.5. The van der Waals surface area contributed by atoms with Gasteiger partial charge < -0.3 is 10.6 Å². The summed E-state index contributed by atoms with van der Waals surface area (Å²) in [5.41, 5.74) is 1.12. The molecule has 0 unspecified atom stereocenters. The number of aliphatic imine (C=N–C) groups is 1. The van der Waals surface area contributed by atoms with E-state index >= 15 is 0 Å². The second-order valence-electron chi connectivity index (χ2n) is 6.15. The van der Waals surface area contributed by atoms with Crippen LogP contribution in [0, 0.1) is 0 Å². The molecule has 1 aliphatic carbocycles. The van der Waals surface area contributed by atoms with Crippen molar-refractivity contribution in [1.82, 2.24) is 25.4 Å². The average Bonchev–Trinajstić information content (AvgIpc) is 3.16. The maximum atomic E-state index is 4.74. The summed E-state index contributed by atoms with van der Waals surface area (Å²) in [4.78, 5) is 9.10. The number of halogens is 1. The number of hydrogen-bond acceptors (Lipinski definition) is 3. The number of aromatic nitrogens is 3. The summed E-state index contributed by atoms with van der Waals surface area (Å²) in [5, 5.41) is 11.1. The third kappa shape index (κ3) is 5.98. The zero-order valence-electron chi connectivity index (χ0n) is 14.7. The predicted octanol–water partition coefficient (Wildman–Crippen LogP) is 3.27. The third-order valence-corrected chi connectivity index (χ3v) is 4.26. The Balaban J connectivity index is 0.00000225. The molecule has 0 radical (unpaired) electrons. The molecule has 6 nitrogen and oxygen atoms in total. The van der Waals surface area contributed by atoms with E-state index in [4.69, 9.17) is 4.99 Å². The van der Waals surface area contributed by atoms with Crippen LogP contribution in [0.25, 0.3) is 5.82 Å². The van der Waals surface area contributed by atoms with Crippen molar-refractivity contribution in [1.29, 1.82) is 0 Å². The Morgan fingerprint density at radius 2 is 2.12 bits per heavy atom. The van der Waals surface area contributed by atoms with E-state index in [1.165, 1.54) is 32.1 Å². The lowest BCUT2D eigenvalue weighted by Crippen LogP contribution is -2.44. The molecule has 3 rings (SSSR count). The molecular formula is C18H27IN6. The fourth-order valence-corrected chi connectivity index (χ4v) is 3.02. The van der Waals surface area contributed by atoms with Crippen molar-refractivity contribution in [3.8, 4) is 5.82 Å². The van der Waals surface area contributed by atoms with E-state index in [0.29, 0.717) is 12.6 Å². The summed E-state index contributed by atoms with van der Waals surface area (Å²) in [7, 11) is 0. The summed E-state index contributed by atoms with van der Waals surface area (Å²) in [5.74, 6) is 1.72. The molecule has 2 heterocycles. The van der Waals surface area contributed by atoms with Crippen LogP contribution in [0.5, 0.6) is 0 Å². The topological polar surface area (TPSA) is 67.1 Å². The Morgan fingerprint density at radius 3 is 2.84 bits per heavy atom. The molecule has 0 spiro atoms.